The molecule has 0 aromatic carbocycles. The average Bonchev–Trinajstić information content (AvgIpc) is 2.41. The van der Waals surface area contributed by atoms with Crippen molar-refractivity contribution < 1.29 is 9.13 Å². The molecule has 1 fully saturated rings. The molecule has 2 aliphatic rings. The normalized spacial score (nSPS) is 22.6. The van der Waals surface area contributed by atoms with Gasteiger partial charge < -0.3 is 9.64 Å². The van der Waals surface area contributed by atoms with Gasteiger partial charge in [-0.2, -0.15) is 0 Å². The van der Waals surface area contributed by atoms with Gasteiger partial charge in [-0.05, 0) is 38.0 Å². The number of ether oxygens (including phenoxy) is 1. The molecule has 0 amide bonds. The van der Waals surface area contributed by atoms with Gasteiger partial charge in [0.1, 0.15) is 11.9 Å². The molecular weight excluding hydrogens is 229 g/mol. The van der Waals surface area contributed by atoms with E-state index in [0.717, 1.165) is 38.1 Å². The fourth-order valence-electron chi connectivity index (χ4n) is 2.54. The van der Waals surface area contributed by atoms with Gasteiger partial charge >= 0.3 is 0 Å². The topological polar surface area (TPSA) is 12.5 Å². The number of hydrogen-bond acceptors (Lipinski definition) is 2. The van der Waals surface area contributed by atoms with E-state index in [-0.39, 0.29) is 5.83 Å². The number of halogens is 1. The van der Waals surface area contributed by atoms with Gasteiger partial charge in [0.15, 0.2) is 0 Å². The Morgan fingerprint density at radius 3 is 2.67 bits per heavy atom. The van der Waals surface area contributed by atoms with Crippen molar-refractivity contribution in [3.63, 3.8) is 0 Å². The van der Waals surface area contributed by atoms with Crippen molar-refractivity contribution in [3.05, 3.63) is 23.7 Å². The Morgan fingerprint density at radius 2 is 2.06 bits per heavy atom. The fraction of sp³-hybridized carbons (Fsp3) is 0.733. The highest BCUT2D eigenvalue weighted by Gasteiger charge is 2.21. The second-order valence-corrected chi connectivity index (χ2v) is 5.26. The van der Waals surface area contributed by atoms with Crippen molar-refractivity contribution in [1.82, 2.24) is 4.90 Å². The summed E-state index contributed by atoms with van der Waals surface area (Å²) in [5, 5.41) is 0. The number of likely N-dealkylation sites (tertiary alicyclic amines) is 1. The molecule has 1 heterocycles. The van der Waals surface area contributed by atoms with E-state index in [2.05, 4.69) is 11.8 Å². The van der Waals surface area contributed by atoms with Crippen LogP contribution in [-0.2, 0) is 4.74 Å². The maximum Gasteiger partial charge on any atom is 0.101 e. The van der Waals surface area contributed by atoms with E-state index >= 15 is 0 Å². The van der Waals surface area contributed by atoms with Gasteiger partial charge in [0.05, 0.1) is 5.76 Å². The van der Waals surface area contributed by atoms with Gasteiger partial charge in [-0.1, -0.05) is 13.3 Å². The van der Waals surface area contributed by atoms with Crippen molar-refractivity contribution in [2.45, 2.75) is 51.6 Å². The van der Waals surface area contributed by atoms with E-state index in [4.69, 9.17) is 4.74 Å². The van der Waals surface area contributed by atoms with Crippen LogP contribution in [-0.4, -0.2) is 30.6 Å². The molecule has 2 nitrogen and oxygen atoms in total. The Hall–Kier alpha value is -0.830. The Kier molecular flexibility index (Phi) is 5.24. The van der Waals surface area contributed by atoms with Crippen LogP contribution in [0, 0.1) is 0 Å². The van der Waals surface area contributed by atoms with Crippen molar-refractivity contribution in [2.75, 3.05) is 19.6 Å². The smallest absolute Gasteiger partial charge is 0.101 e. The van der Waals surface area contributed by atoms with Crippen LogP contribution in [0.2, 0.25) is 0 Å². The van der Waals surface area contributed by atoms with Crippen molar-refractivity contribution >= 4 is 0 Å². The first-order valence-corrected chi connectivity index (χ1v) is 7.22. The molecule has 2 rings (SSSR count). The van der Waals surface area contributed by atoms with Crippen LogP contribution in [0.25, 0.3) is 0 Å². The summed E-state index contributed by atoms with van der Waals surface area (Å²) in [5.41, 5.74) is 0. The standard InChI is InChI=1S/C15H24FNO/c1-2-3-10-17-11-8-15(9-12-17)18-14-6-4-13(16)5-7-14/h4,6,15H,2-3,5,7-12H2,1H3. The first kappa shape index (κ1) is 13.6. The average molecular weight is 253 g/mol. The number of allylic oxidation sites excluding steroid dienone is 4. The number of rotatable bonds is 5. The van der Waals surface area contributed by atoms with Gasteiger partial charge in [0.2, 0.25) is 0 Å². The number of unbranched alkanes of at least 4 members (excludes halogenated alkanes) is 1. The van der Waals surface area contributed by atoms with E-state index in [1.54, 1.807) is 6.08 Å². The highest BCUT2D eigenvalue weighted by molar-refractivity contribution is 5.17. The molecule has 1 aliphatic carbocycles. The summed E-state index contributed by atoms with van der Waals surface area (Å²) in [4.78, 5) is 2.53. The molecule has 0 N–H and O–H groups in total. The molecule has 0 aromatic heterocycles. The van der Waals surface area contributed by atoms with E-state index in [1.165, 1.54) is 25.5 Å². The summed E-state index contributed by atoms with van der Waals surface area (Å²) in [5.74, 6) is 0.931. The van der Waals surface area contributed by atoms with Crippen LogP contribution in [0.15, 0.2) is 23.7 Å². The summed E-state index contributed by atoms with van der Waals surface area (Å²) in [6.07, 6.45) is 9.66. The molecule has 1 aliphatic heterocycles. The molecule has 0 unspecified atom stereocenters. The lowest BCUT2D eigenvalue weighted by Crippen LogP contribution is -2.37. The Bertz CT molecular complexity index is 316. The van der Waals surface area contributed by atoms with Gasteiger partial charge in [-0.25, -0.2) is 4.39 Å². The Labute approximate surface area is 109 Å². The number of hydrogen-bond donors (Lipinski definition) is 0. The molecule has 102 valence electrons. The lowest BCUT2D eigenvalue weighted by molar-refractivity contribution is 0.0454. The SMILES string of the molecule is CCCCN1CCC(OC2=CC=C(F)CC2)CC1. The van der Waals surface area contributed by atoms with Crippen molar-refractivity contribution in [3.8, 4) is 0 Å². The highest BCUT2D eigenvalue weighted by Crippen LogP contribution is 2.24. The molecule has 0 aromatic rings. The minimum atomic E-state index is -0.0308. The first-order chi connectivity index (χ1) is 8.78. The highest BCUT2D eigenvalue weighted by atomic mass is 19.1. The summed E-state index contributed by atoms with van der Waals surface area (Å²) >= 11 is 0. The predicted octanol–water partition coefficient (Wildman–Crippen LogP) is 3.80. The predicted molar refractivity (Wildman–Crippen MR) is 72.0 cm³/mol. The Morgan fingerprint density at radius 1 is 1.28 bits per heavy atom. The zero-order valence-corrected chi connectivity index (χ0v) is 11.3. The third kappa shape index (κ3) is 4.13. The monoisotopic (exact) mass is 253 g/mol. The molecule has 1 saturated heterocycles. The lowest BCUT2D eigenvalue weighted by atomic mass is 10.1. The van der Waals surface area contributed by atoms with Crippen LogP contribution < -0.4 is 0 Å². The summed E-state index contributed by atoms with van der Waals surface area (Å²) in [6.45, 7) is 5.74. The zero-order chi connectivity index (χ0) is 12.8. The fourth-order valence-corrected chi connectivity index (χ4v) is 2.54. The number of nitrogens with zero attached hydrogens (tertiary/aromatic N) is 1. The van der Waals surface area contributed by atoms with Gasteiger partial charge in [0.25, 0.3) is 0 Å². The third-order valence-corrected chi connectivity index (χ3v) is 3.74. The van der Waals surface area contributed by atoms with Gasteiger partial charge in [-0.15, -0.1) is 0 Å². The molecule has 0 spiro atoms. The Balaban J connectivity index is 1.70. The molecule has 0 radical (unpaired) electrons. The quantitative estimate of drug-likeness (QED) is 0.739. The third-order valence-electron chi connectivity index (χ3n) is 3.74. The lowest BCUT2D eigenvalue weighted by Gasteiger charge is -2.32. The second kappa shape index (κ2) is 6.93. The molecule has 3 heteroatoms. The van der Waals surface area contributed by atoms with Gasteiger partial charge in [-0.3, -0.25) is 0 Å². The van der Waals surface area contributed by atoms with Crippen LogP contribution in [0.3, 0.4) is 0 Å². The van der Waals surface area contributed by atoms with Gasteiger partial charge in [0, 0.05) is 25.9 Å². The van der Waals surface area contributed by atoms with Crippen molar-refractivity contribution in [2.24, 2.45) is 0 Å². The van der Waals surface area contributed by atoms with E-state index in [0.29, 0.717) is 12.5 Å². The maximum absolute atomic E-state index is 12.9. The minimum absolute atomic E-state index is 0.0308. The number of piperidine rings is 1. The van der Waals surface area contributed by atoms with Crippen LogP contribution in [0.5, 0.6) is 0 Å². The van der Waals surface area contributed by atoms with Crippen LogP contribution in [0.1, 0.15) is 45.4 Å². The van der Waals surface area contributed by atoms with Crippen LogP contribution in [0.4, 0.5) is 4.39 Å². The van der Waals surface area contributed by atoms with E-state index < -0.39 is 0 Å². The first-order valence-electron chi connectivity index (χ1n) is 7.22. The second-order valence-electron chi connectivity index (χ2n) is 5.26. The van der Waals surface area contributed by atoms with Crippen LogP contribution >= 0.6 is 0 Å². The van der Waals surface area contributed by atoms with E-state index in [9.17, 15) is 4.39 Å². The maximum atomic E-state index is 12.9. The molecule has 0 saturated carbocycles. The molecule has 18 heavy (non-hydrogen) atoms. The zero-order valence-electron chi connectivity index (χ0n) is 11.3. The van der Waals surface area contributed by atoms with E-state index in [1.807, 2.05) is 0 Å². The molecular formula is C15H24FNO. The minimum Gasteiger partial charge on any atom is -0.495 e. The summed E-state index contributed by atoms with van der Waals surface area (Å²) < 4.78 is 18.8. The summed E-state index contributed by atoms with van der Waals surface area (Å²) in [7, 11) is 0. The molecule has 0 bridgehead atoms. The molecule has 0 atom stereocenters. The van der Waals surface area contributed by atoms with Crippen molar-refractivity contribution in [1.29, 1.82) is 0 Å². The summed E-state index contributed by atoms with van der Waals surface area (Å²) in [6, 6.07) is 0. The largest absolute Gasteiger partial charge is 0.495 e.